The fourth-order valence-corrected chi connectivity index (χ4v) is 2.81. The zero-order valence-corrected chi connectivity index (χ0v) is 16.7. The van der Waals surface area contributed by atoms with Crippen LogP contribution in [0.4, 0.5) is 4.39 Å². The van der Waals surface area contributed by atoms with Gasteiger partial charge in [-0.3, -0.25) is 10.2 Å². The molecule has 1 unspecified atom stereocenters. The molecule has 0 fully saturated rings. The Morgan fingerprint density at radius 3 is 2.39 bits per heavy atom. The van der Waals surface area contributed by atoms with Gasteiger partial charge in [0.25, 0.3) is 5.91 Å². The van der Waals surface area contributed by atoms with Crippen LogP contribution < -0.4 is 10.5 Å². The van der Waals surface area contributed by atoms with Gasteiger partial charge in [-0.05, 0) is 31.5 Å². The van der Waals surface area contributed by atoms with E-state index in [1.165, 1.54) is 19.2 Å². The van der Waals surface area contributed by atoms with E-state index < -0.39 is 17.8 Å². The summed E-state index contributed by atoms with van der Waals surface area (Å²) in [5, 5.41) is 7.39. The first-order valence-corrected chi connectivity index (χ1v) is 8.96. The molecule has 28 heavy (non-hydrogen) atoms. The topological polar surface area (TPSA) is 88.6 Å². The van der Waals surface area contributed by atoms with Crippen molar-refractivity contribution in [2.75, 3.05) is 7.11 Å². The Balaban J connectivity index is 2.14. The minimum atomic E-state index is -1.19. The number of nitrogen functional groups attached to an aromatic ring is 1. The smallest absolute Gasteiger partial charge is 0.271 e. The van der Waals surface area contributed by atoms with Gasteiger partial charge in [0.2, 0.25) is 0 Å². The highest BCUT2D eigenvalue weighted by Crippen LogP contribution is 2.27. The molecule has 150 valence electrons. The van der Waals surface area contributed by atoms with Gasteiger partial charge < -0.3 is 15.2 Å². The summed E-state index contributed by atoms with van der Waals surface area (Å²) >= 11 is 6.13. The number of hydrogen-bond donors (Lipinski definition) is 2. The van der Waals surface area contributed by atoms with Crippen molar-refractivity contribution in [3.63, 3.8) is 0 Å². The van der Waals surface area contributed by atoms with E-state index in [-0.39, 0.29) is 24.0 Å². The van der Waals surface area contributed by atoms with Gasteiger partial charge in [-0.15, -0.1) is 0 Å². The van der Waals surface area contributed by atoms with Gasteiger partial charge in [-0.1, -0.05) is 24.3 Å². The minimum absolute atomic E-state index is 0.0508. The van der Waals surface area contributed by atoms with E-state index in [2.05, 4.69) is 0 Å². The molecule has 2 rings (SSSR count). The summed E-state index contributed by atoms with van der Waals surface area (Å²) in [6.45, 7) is 3.75. The maximum absolute atomic E-state index is 14.5. The summed E-state index contributed by atoms with van der Waals surface area (Å²) in [5.41, 5.74) is 6.78. The molecule has 0 aliphatic rings. The van der Waals surface area contributed by atoms with Gasteiger partial charge in [0, 0.05) is 36.1 Å². The molecule has 0 saturated carbocycles. The van der Waals surface area contributed by atoms with Gasteiger partial charge in [0.05, 0.1) is 12.6 Å². The second kappa shape index (κ2) is 9.52. The van der Waals surface area contributed by atoms with E-state index in [9.17, 15) is 9.18 Å². The average molecular weight is 408 g/mol. The highest BCUT2D eigenvalue weighted by atomic mass is 35.5. The van der Waals surface area contributed by atoms with Crippen molar-refractivity contribution in [1.29, 1.82) is 5.41 Å². The fraction of sp³-hybridized carbons (Fsp3) is 0.300. The molecular weight excluding hydrogens is 385 g/mol. The Morgan fingerprint density at radius 2 is 1.89 bits per heavy atom. The monoisotopic (exact) mass is 407 g/mol. The number of halogens is 2. The van der Waals surface area contributed by atoms with Crippen molar-refractivity contribution in [3.05, 3.63) is 65.0 Å². The first kappa shape index (κ1) is 21.7. The molecule has 0 aliphatic heterocycles. The molecule has 8 heteroatoms. The van der Waals surface area contributed by atoms with Crippen LogP contribution in [0.1, 0.15) is 36.6 Å². The molecule has 0 bridgehead atoms. The molecule has 1 atom stereocenters. The van der Waals surface area contributed by atoms with Crippen LogP contribution in [0.5, 0.6) is 5.75 Å². The number of methoxy groups -OCH3 is 1. The third-order valence-corrected chi connectivity index (χ3v) is 4.20. The zero-order chi connectivity index (χ0) is 20.8. The molecule has 2 aromatic rings. The van der Waals surface area contributed by atoms with Crippen LogP contribution >= 0.6 is 11.8 Å². The van der Waals surface area contributed by atoms with Crippen LogP contribution in [0.3, 0.4) is 0 Å². The van der Waals surface area contributed by atoms with Gasteiger partial charge >= 0.3 is 0 Å². The van der Waals surface area contributed by atoms with Gasteiger partial charge in [0.1, 0.15) is 17.4 Å². The van der Waals surface area contributed by atoms with Gasteiger partial charge in [-0.25, -0.2) is 8.81 Å². The number of carbonyl (C=O) groups is 1. The van der Waals surface area contributed by atoms with Crippen LogP contribution in [-0.2, 0) is 16.1 Å². The van der Waals surface area contributed by atoms with Gasteiger partial charge in [-0.2, -0.15) is 0 Å². The van der Waals surface area contributed by atoms with Crippen LogP contribution in [0.25, 0.3) is 0 Å². The average Bonchev–Trinajstić information content (AvgIpc) is 2.63. The Bertz CT molecular complexity index is 843. The van der Waals surface area contributed by atoms with Crippen molar-refractivity contribution in [1.82, 2.24) is 4.42 Å². The highest BCUT2D eigenvalue weighted by molar-refractivity contribution is 6.21. The maximum Gasteiger partial charge on any atom is 0.271 e. The predicted molar refractivity (Wildman–Crippen MR) is 106 cm³/mol. The zero-order valence-electron chi connectivity index (χ0n) is 15.9. The van der Waals surface area contributed by atoms with E-state index in [0.29, 0.717) is 11.3 Å². The van der Waals surface area contributed by atoms with E-state index in [0.717, 1.165) is 9.98 Å². The summed E-state index contributed by atoms with van der Waals surface area (Å²) < 4.78 is 26.1. The molecule has 3 N–H and O–H groups in total. The number of ether oxygens (including phenoxy) is 2. The van der Waals surface area contributed by atoms with Crippen molar-refractivity contribution in [2.24, 2.45) is 5.73 Å². The van der Waals surface area contributed by atoms with Crippen molar-refractivity contribution < 1.29 is 18.7 Å². The van der Waals surface area contributed by atoms with E-state index in [4.69, 9.17) is 32.4 Å². The molecular formula is C20H23ClFN3O3. The largest absolute Gasteiger partial charge is 0.491 e. The molecule has 0 aromatic heterocycles. The first-order chi connectivity index (χ1) is 13.2. The lowest BCUT2D eigenvalue weighted by Gasteiger charge is -2.22. The maximum atomic E-state index is 14.5. The number of nitrogens with zero attached hydrogens (tertiary/aromatic N) is 1. The second-order valence-electron chi connectivity index (χ2n) is 6.43. The fourth-order valence-electron chi connectivity index (χ4n) is 2.58. The number of hydrogen-bond acceptors (Lipinski definition) is 4. The number of rotatable bonds is 8. The number of benzene rings is 2. The number of amidine groups is 1. The lowest BCUT2D eigenvalue weighted by molar-refractivity contribution is -0.138. The Hall–Kier alpha value is -2.64. The minimum Gasteiger partial charge on any atom is -0.491 e. The lowest BCUT2D eigenvalue weighted by Crippen LogP contribution is -2.29. The standard InChI is InChI=1S/C20H23ClFN3O3/c1-12(2)28-15-8-9-16(17(22)10-15)18(27-3)20(26)25(21)11-13-4-6-14(7-5-13)19(23)24/h4-10,12,18H,11H2,1-3H3,(H3,23,24). The predicted octanol–water partition coefficient (Wildman–Crippen LogP) is 3.77. The Kier molecular flexibility index (Phi) is 7.37. The normalized spacial score (nSPS) is 11.9. The Labute approximate surface area is 168 Å². The van der Waals surface area contributed by atoms with Crippen LogP contribution in [0, 0.1) is 11.2 Å². The number of carbonyl (C=O) groups excluding carboxylic acids is 1. The second-order valence-corrected chi connectivity index (χ2v) is 6.84. The van der Waals surface area contributed by atoms with Crippen molar-refractivity contribution in [3.8, 4) is 5.75 Å². The quantitative estimate of drug-likeness (QED) is 0.396. The van der Waals surface area contributed by atoms with Crippen LogP contribution in [0.15, 0.2) is 42.5 Å². The molecule has 0 aliphatic carbocycles. The molecule has 6 nitrogen and oxygen atoms in total. The SMILES string of the molecule is COC(C(=O)N(Cl)Cc1ccc(C(=N)N)cc1)c1ccc(OC(C)C)cc1F. The highest BCUT2D eigenvalue weighted by Gasteiger charge is 2.28. The first-order valence-electron chi connectivity index (χ1n) is 8.62. The van der Waals surface area contributed by atoms with Crippen LogP contribution in [0.2, 0.25) is 0 Å². The summed E-state index contributed by atoms with van der Waals surface area (Å²) in [6.07, 6.45) is -1.29. The van der Waals surface area contributed by atoms with Gasteiger partial charge in [0.15, 0.2) is 6.10 Å². The molecule has 0 saturated heterocycles. The summed E-state index contributed by atoms with van der Waals surface area (Å²) in [7, 11) is 1.31. The van der Waals surface area contributed by atoms with E-state index in [1.807, 2.05) is 13.8 Å². The summed E-state index contributed by atoms with van der Waals surface area (Å²) in [6, 6.07) is 11.0. The number of nitrogens with one attached hydrogen (secondary N) is 1. The third-order valence-electron chi connectivity index (χ3n) is 3.91. The lowest BCUT2D eigenvalue weighted by atomic mass is 10.1. The molecule has 2 aromatic carbocycles. The summed E-state index contributed by atoms with van der Waals surface area (Å²) in [4.78, 5) is 12.7. The summed E-state index contributed by atoms with van der Waals surface area (Å²) in [5.74, 6) is -0.900. The molecule has 0 radical (unpaired) electrons. The number of amides is 1. The molecule has 0 spiro atoms. The van der Waals surface area contributed by atoms with Crippen LogP contribution in [-0.4, -0.2) is 29.4 Å². The van der Waals surface area contributed by atoms with Crippen molar-refractivity contribution in [2.45, 2.75) is 32.6 Å². The Morgan fingerprint density at radius 1 is 1.25 bits per heavy atom. The molecule has 1 amide bonds. The number of nitrogens with two attached hydrogens (primary N) is 1. The van der Waals surface area contributed by atoms with E-state index >= 15 is 0 Å². The van der Waals surface area contributed by atoms with Crippen molar-refractivity contribution >= 4 is 23.5 Å². The molecule has 0 heterocycles. The van der Waals surface area contributed by atoms with E-state index in [1.54, 1.807) is 30.3 Å². The third kappa shape index (κ3) is 5.43.